The summed E-state index contributed by atoms with van der Waals surface area (Å²) in [6, 6.07) is 2.21. The molecule has 1 amide bonds. The first-order valence-corrected chi connectivity index (χ1v) is 6.46. The third-order valence-electron chi connectivity index (χ3n) is 2.94. The van der Waals surface area contributed by atoms with Crippen molar-refractivity contribution in [3.8, 4) is 6.07 Å². The molecule has 0 aromatic carbocycles. The molecule has 0 saturated heterocycles. The van der Waals surface area contributed by atoms with E-state index in [4.69, 9.17) is 10.00 Å². The van der Waals surface area contributed by atoms with Crippen molar-refractivity contribution in [1.82, 2.24) is 5.32 Å². The Labute approximate surface area is 109 Å². The van der Waals surface area contributed by atoms with Crippen molar-refractivity contribution in [2.45, 2.75) is 58.1 Å². The molecule has 100 valence electrons. The van der Waals surface area contributed by atoms with E-state index in [-0.39, 0.29) is 12.1 Å². The number of hydrogen-bond acceptors (Lipinski definition) is 3. The van der Waals surface area contributed by atoms with Gasteiger partial charge in [0.15, 0.2) is 0 Å². The van der Waals surface area contributed by atoms with Gasteiger partial charge < -0.3 is 10.1 Å². The number of carbonyl (C=O) groups is 1. The predicted octanol–water partition coefficient (Wildman–Crippen LogP) is 3.15. The number of nitrogens with zero attached hydrogens (tertiary/aromatic N) is 1. The van der Waals surface area contributed by atoms with Crippen molar-refractivity contribution >= 4 is 6.09 Å². The molecule has 1 fully saturated rings. The van der Waals surface area contributed by atoms with E-state index in [0.717, 1.165) is 25.7 Å². The van der Waals surface area contributed by atoms with Crippen molar-refractivity contribution in [2.24, 2.45) is 5.92 Å². The predicted molar refractivity (Wildman–Crippen MR) is 69.9 cm³/mol. The van der Waals surface area contributed by atoms with Crippen LogP contribution in [0.4, 0.5) is 4.79 Å². The summed E-state index contributed by atoms with van der Waals surface area (Å²) in [5.41, 5.74) is -0.448. The standard InChI is InChI=1S/C14H22N2O2/c1-14(2,3)18-13(17)16-12-8-6-11(7-9-12)5-4-10-15/h4-5,11-12H,6-9H2,1-3H3,(H,16,17). The molecule has 0 aromatic heterocycles. The van der Waals surface area contributed by atoms with E-state index < -0.39 is 5.60 Å². The van der Waals surface area contributed by atoms with Gasteiger partial charge in [-0.15, -0.1) is 0 Å². The number of alkyl carbamates (subject to hydrolysis) is 1. The van der Waals surface area contributed by atoms with Gasteiger partial charge in [0.05, 0.1) is 6.07 Å². The third kappa shape index (κ3) is 5.72. The summed E-state index contributed by atoms with van der Waals surface area (Å²) in [6.07, 6.45) is 7.09. The van der Waals surface area contributed by atoms with Gasteiger partial charge in [-0.2, -0.15) is 5.26 Å². The highest BCUT2D eigenvalue weighted by molar-refractivity contribution is 5.68. The van der Waals surface area contributed by atoms with Crippen LogP contribution in [0.15, 0.2) is 12.2 Å². The molecule has 1 saturated carbocycles. The first-order valence-electron chi connectivity index (χ1n) is 6.46. The highest BCUT2D eigenvalue weighted by Gasteiger charge is 2.23. The Bertz CT molecular complexity index is 342. The van der Waals surface area contributed by atoms with Crippen LogP contribution < -0.4 is 5.32 Å². The number of ether oxygens (including phenoxy) is 1. The summed E-state index contributed by atoms with van der Waals surface area (Å²) >= 11 is 0. The molecule has 0 spiro atoms. The number of rotatable bonds is 2. The Kier molecular flexibility index (Phi) is 5.21. The third-order valence-corrected chi connectivity index (χ3v) is 2.94. The van der Waals surface area contributed by atoms with Crippen LogP contribution in [0.2, 0.25) is 0 Å². The highest BCUT2D eigenvalue weighted by atomic mass is 16.6. The number of nitrogens with one attached hydrogen (secondary N) is 1. The second kappa shape index (κ2) is 6.44. The lowest BCUT2D eigenvalue weighted by Crippen LogP contribution is -2.40. The lowest BCUT2D eigenvalue weighted by atomic mass is 9.86. The van der Waals surface area contributed by atoms with Gasteiger partial charge in [0, 0.05) is 12.1 Å². The van der Waals surface area contributed by atoms with Gasteiger partial charge in [0.2, 0.25) is 0 Å². The molecule has 0 unspecified atom stereocenters. The first kappa shape index (κ1) is 14.6. The van der Waals surface area contributed by atoms with Gasteiger partial charge in [0.25, 0.3) is 0 Å². The topological polar surface area (TPSA) is 62.1 Å². The van der Waals surface area contributed by atoms with Gasteiger partial charge in [-0.25, -0.2) is 4.79 Å². The van der Waals surface area contributed by atoms with E-state index in [1.165, 1.54) is 0 Å². The molecular formula is C14H22N2O2. The Morgan fingerprint density at radius 1 is 1.33 bits per heavy atom. The van der Waals surface area contributed by atoms with Crippen LogP contribution in [0.1, 0.15) is 46.5 Å². The molecule has 1 aliphatic carbocycles. The van der Waals surface area contributed by atoms with Crippen molar-refractivity contribution in [3.05, 3.63) is 12.2 Å². The molecule has 0 bridgehead atoms. The van der Waals surface area contributed by atoms with E-state index >= 15 is 0 Å². The molecule has 1 N–H and O–H groups in total. The van der Waals surface area contributed by atoms with E-state index in [1.54, 1.807) is 6.08 Å². The molecule has 0 heterocycles. The van der Waals surface area contributed by atoms with Crippen LogP contribution >= 0.6 is 0 Å². The fraction of sp³-hybridized carbons (Fsp3) is 0.714. The molecule has 1 rings (SSSR count). The minimum Gasteiger partial charge on any atom is -0.444 e. The van der Waals surface area contributed by atoms with E-state index in [2.05, 4.69) is 5.32 Å². The lowest BCUT2D eigenvalue weighted by Gasteiger charge is -2.28. The number of nitriles is 1. The molecule has 0 aliphatic heterocycles. The van der Waals surface area contributed by atoms with Crippen molar-refractivity contribution in [2.75, 3.05) is 0 Å². The van der Waals surface area contributed by atoms with Crippen LogP contribution in [-0.2, 0) is 4.74 Å². The van der Waals surface area contributed by atoms with Gasteiger partial charge >= 0.3 is 6.09 Å². The quantitative estimate of drug-likeness (QED) is 0.766. The molecule has 0 aromatic rings. The fourth-order valence-corrected chi connectivity index (χ4v) is 2.11. The van der Waals surface area contributed by atoms with E-state index in [0.29, 0.717) is 5.92 Å². The van der Waals surface area contributed by atoms with Gasteiger partial charge in [0.1, 0.15) is 5.60 Å². The largest absolute Gasteiger partial charge is 0.444 e. The van der Waals surface area contributed by atoms with Crippen molar-refractivity contribution in [1.29, 1.82) is 5.26 Å². The molecule has 4 heteroatoms. The van der Waals surface area contributed by atoms with Crippen LogP contribution in [0.5, 0.6) is 0 Å². The summed E-state index contributed by atoms with van der Waals surface area (Å²) in [6.45, 7) is 5.57. The number of hydrogen-bond donors (Lipinski definition) is 1. The summed E-state index contributed by atoms with van der Waals surface area (Å²) in [5.74, 6) is 0.473. The lowest BCUT2D eigenvalue weighted by molar-refractivity contribution is 0.0490. The second-order valence-electron chi connectivity index (χ2n) is 5.75. The van der Waals surface area contributed by atoms with Crippen LogP contribution in [0, 0.1) is 17.2 Å². The zero-order valence-corrected chi connectivity index (χ0v) is 11.4. The Morgan fingerprint density at radius 3 is 2.44 bits per heavy atom. The summed E-state index contributed by atoms with van der Waals surface area (Å²) in [4.78, 5) is 11.6. The molecule has 4 nitrogen and oxygen atoms in total. The maximum absolute atomic E-state index is 11.6. The molecule has 0 radical (unpaired) electrons. The average molecular weight is 250 g/mol. The maximum atomic E-state index is 11.6. The number of allylic oxidation sites excluding steroid dienone is 2. The minimum absolute atomic E-state index is 0.201. The number of amides is 1. The van der Waals surface area contributed by atoms with E-state index in [9.17, 15) is 4.79 Å². The maximum Gasteiger partial charge on any atom is 0.407 e. The minimum atomic E-state index is -0.448. The van der Waals surface area contributed by atoms with Gasteiger partial charge in [-0.1, -0.05) is 6.08 Å². The first-order chi connectivity index (χ1) is 8.40. The zero-order chi connectivity index (χ0) is 13.6. The monoisotopic (exact) mass is 250 g/mol. The normalized spacial score (nSPS) is 24.6. The zero-order valence-electron chi connectivity index (χ0n) is 11.4. The smallest absolute Gasteiger partial charge is 0.407 e. The Hall–Kier alpha value is -1.50. The molecule has 1 aliphatic rings. The molecule has 18 heavy (non-hydrogen) atoms. The van der Waals surface area contributed by atoms with Crippen LogP contribution in [-0.4, -0.2) is 17.7 Å². The van der Waals surface area contributed by atoms with Crippen LogP contribution in [0.3, 0.4) is 0 Å². The Balaban J connectivity index is 2.30. The summed E-state index contributed by atoms with van der Waals surface area (Å²) in [5, 5.41) is 11.4. The molecular weight excluding hydrogens is 228 g/mol. The van der Waals surface area contributed by atoms with Gasteiger partial charge in [-0.3, -0.25) is 0 Å². The Morgan fingerprint density at radius 2 is 1.94 bits per heavy atom. The SMILES string of the molecule is CC(C)(C)OC(=O)NC1CCC(C=CC#N)CC1. The summed E-state index contributed by atoms with van der Waals surface area (Å²) in [7, 11) is 0. The molecule has 0 atom stereocenters. The van der Waals surface area contributed by atoms with E-state index in [1.807, 2.05) is 32.9 Å². The van der Waals surface area contributed by atoms with Crippen LogP contribution in [0.25, 0.3) is 0 Å². The fourth-order valence-electron chi connectivity index (χ4n) is 2.11. The van der Waals surface area contributed by atoms with Gasteiger partial charge in [-0.05, 0) is 52.4 Å². The average Bonchev–Trinajstić information content (AvgIpc) is 2.25. The summed E-state index contributed by atoms with van der Waals surface area (Å²) < 4.78 is 5.23. The second-order valence-corrected chi connectivity index (χ2v) is 5.75. The highest BCUT2D eigenvalue weighted by Crippen LogP contribution is 2.25. The number of carbonyl (C=O) groups excluding carboxylic acids is 1. The van der Waals surface area contributed by atoms with Crippen molar-refractivity contribution in [3.63, 3.8) is 0 Å². The van der Waals surface area contributed by atoms with Crippen molar-refractivity contribution < 1.29 is 9.53 Å².